The number of guanidine groups is 1. The highest BCUT2D eigenvalue weighted by Gasteiger charge is 2.24. The minimum atomic E-state index is -0.813. The minimum Gasteiger partial charge on any atom is -0.497 e. The molecule has 0 radical (unpaired) electrons. The van der Waals surface area contributed by atoms with E-state index in [-0.39, 0.29) is 36.6 Å². The van der Waals surface area contributed by atoms with Gasteiger partial charge >= 0.3 is 0 Å². The van der Waals surface area contributed by atoms with E-state index in [4.69, 9.17) is 21.1 Å². The van der Waals surface area contributed by atoms with Crippen molar-refractivity contribution in [2.75, 3.05) is 45.3 Å². The fourth-order valence-corrected chi connectivity index (χ4v) is 3.86. The van der Waals surface area contributed by atoms with Crippen molar-refractivity contribution in [1.82, 2.24) is 10.6 Å². The zero-order chi connectivity index (χ0) is 22.2. The lowest BCUT2D eigenvalue weighted by Gasteiger charge is -2.21. The highest BCUT2D eigenvalue weighted by atomic mass is 127. The lowest BCUT2D eigenvalue weighted by Crippen LogP contribution is -2.44. The molecular formula is C23H32ClIN4O3. The quantitative estimate of drug-likeness (QED) is 0.253. The number of ether oxygens (including phenoxy) is 2. The Morgan fingerprint density at radius 1 is 1.25 bits per heavy atom. The van der Waals surface area contributed by atoms with Crippen LogP contribution in [-0.4, -0.2) is 57.5 Å². The number of anilines is 1. The van der Waals surface area contributed by atoms with Gasteiger partial charge in [0.25, 0.3) is 0 Å². The van der Waals surface area contributed by atoms with Crippen LogP contribution >= 0.6 is 35.6 Å². The number of aliphatic imine (C=N–C) groups is 1. The highest BCUT2D eigenvalue weighted by Crippen LogP contribution is 2.29. The molecule has 9 heteroatoms. The van der Waals surface area contributed by atoms with Crippen molar-refractivity contribution in [2.45, 2.75) is 25.5 Å². The van der Waals surface area contributed by atoms with Crippen molar-refractivity contribution < 1.29 is 14.6 Å². The molecule has 0 bridgehead atoms. The van der Waals surface area contributed by atoms with Crippen LogP contribution in [-0.2, 0) is 0 Å². The van der Waals surface area contributed by atoms with Gasteiger partial charge in [-0.05, 0) is 49.7 Å². The van der Waals surface area contributed by atoms with Crippen LogP contribution in [0.2, 0.25) is 5.02 Å². The van der Waals surface area contributed by atoms with Crippen LogP contribution in [0.3, 0.4) is 0 Å². The van der Waals surface area contributed by atoms with Crippen molar-refractivity contribution >= 4 is 47.2 Å². The van der Waals surface area contributed by atoms with Crippen LogP contribution < -0.4 is 25.0 Å². The number of rotatable bonds is 8. The molecule has 3 N–H and O–H groups in total. The van der Waals surface area contributed by atoms with Crippen LogP contribution in [0, 0.1) is 0 Å². The average molecular weight is 575 g/mol. The molecular weight excluding hydrogens is 543 g/mol. The summed E-state index contributed by atoms with van der Waals surface area (Å²) in [5.74, 6) is 1.95. The maximum absolute atomic E-state index is 10.7. The van der Waals surface area contributed by atoms with Gasteiger partial charge in [-0.3, -0.25) is 4.99 Å². The van der Waals surface area contributed by atoms with E-state index in [1.54, 1.807) is 32.4 Å². The lowest BCUT2D eigenvalue weighted by atomic mass is 10.1. The fraction of sp³-hybridized carbons (Fsp3) is 0.435. The van der Waals surface area contributed by atoms with Crippen molar-refractivity contribution in [3.63, 3.8) is 0 Å². The van der Waals surface area contributed by atoms with Gasteiger partial charge in [-0.2, -0.15) is 0 Å². The number of hydrogen-bond acceptors (Lipinski definition) is 5. The smallest absolute Gasteiger partial charge is 0.191 e. The summed E-state index contributed by atoms with van der Waals surface area (Å²) in [6, 6.07) is 13.5. The molecule has 1 fully saturated rings. The molecule has 7 nitrogen and oxygen atoms in total. The molecule has 0 amide bonds. The standard InChI is InChI=1S/C23H31ClN4O3.HI/c1-4-25-23(26-14-21(29)20-13-19(30-2)8-9-22(20)31-3)27-17-10-11-28(15-17)18-7-5-6-16(24)12-18;/h5-9,12-13,17,21,29H,4,10-11,14-15H2,1-3H3,(H2,25,26,27);1H. The molecule has 3 rings (SSSR count). The van der Waals surface area contributed by atoms with Gasteiger partial charge in [0.15, 0.2) is 5.96 Å². The maximum Gasteiger partial charge on any atom is 0.191 e. The summed E-state index contributed by atoms with van der Waals surface area (Å²) in [6.07, 6.45) is 0.176. The normalized spacial score (nSPS) is 16.8. The number of nitrogens with zero attached hydrogens (tertiary/aromatic N) is 2. The summed E-state index contributed by atoms with van der Waals surface area (Å²) >= 11 is 6.14. The van der Waals surface area contributed by atoms with Crippen LogP contribution in [0.4, 0.5) is 5.69 Å². The Kier molecular flexibility index (Phi) is 10.7. The maximum atomic E-state index is 10.7. The molecule has 1 aliphatic heterocycles. The van der Waals surface area contributed by atoms with E-state index in [9.17, 15) is 5.11 Å². The first-order chi connectivity index (χ1) is 15.0. The summed E-state index contributed by atoms with van der Waals surface area (Å²) in [5.41, 5.74) is 1.77. The minimum absolute atomic E-state index is 0. The van der Waals surface area contributed by atoms with E-state index in [2.05, 4.69) is 26.6 Å². The third-order valence-corrected chi connectivity index (χ3v) is 5.50. The Hall–Kier alpha value is -1.91. The number of hydrogen-bond donors (Lipinski definition) is 3. The molecule has 2 aromatic carbocycles. The predicted molar refractivity (Wildman–Crippen MR) is 141 cm³/mol. The summed E-state index contributed by atoms with van der Waals surface area (Å²) in [7, 11) is 3.18. The highest BCUT2D eigenvalue weighted by molar-refractivity contribution is 14.0. The molecule has 1 heterocycles. The first-order valence-corrected chi connectivity index (χ1v) is 10.9. The molecule has 0 saturated carbocycles. The molecule has 0 aromatic heterocycles. The SMILES string of the molecule is CCNC(=NCC(O)c1cc(OC)ccc1OC)NC1CCN(c2cccc(Cl)c2)C1.I. The van der Waals surface area contributed by atoms with Crippen LogP contribution in [0.5, 0.6) is 11.5 Å². The summed E-state index contributed by atoms with van der Waals surface area (Å²) in [4.78, 5) is 6.91. The van der Waals surface area contributed by atoms with E-state index in [1.165, 1.54) is 0 Å². The molecule has 2 aromatic rings. The number of halogens is 2. The number of benzene rings is 2. The van der Waals surface area contributed by atoms with Crippen LogP contribution in [0.15, 0.2) is 47.5 Å². The van der Waals surface area contributed by atoms with Crippen molar-refractivity contribution in [2.24, 2.45) is 4.99 Å². The van der Waals surface area contributed by atoms with Gasteiger partial charge in [0.2, 0.25) is 0 Å². The number of nitrogens with one attached hydrogen (secondary N) is 2. The van der Waals surface area contributed by atoms with E-state index >= 15 is 0 Å². The first-order valence-electron chi connectivity index (χ1n) is 10.5. The largest absolute Gasteiger partial charge is 0.497 e. The predicted octanol–water partition coefficient (Wildman–Crippen LogP) is 3.84. The van der Waals surface area contributed by atoms with E-state index < -0.39 is 6.10 Å². The van der Waals surface area contributed by atoms with Gasteiger partial charge in [-0.25, -0.2) is 0 Å². The zero-order valence-electron chi connectivity index (χ0n) is 18.7. The summed E-state index contributed by atoms with van der Waals surface area (Å²) in [6.45, 7) is 4.75. The monoisotopic (exact) mass is 574 g/mol. The molecule has 176 valence electrons. The second-order valence-corrected chi connectivity index (χ2v) is 7.84. The molecule has 32 heavy (non-hydrogen) atoms. The van der Waals surface area contributed by atoms with E-state index in [1.807, 2.05) is 25.1 Å². The second-order valence-electron chi connectivity index (χ2n) is 7.40. The third-order valence-electron chi connectivity index (χ3n) is 5.26. The topological polar surface area (TPSA) is 78.4 Å². The molecule has 0 aliphatic carbocycles. The van der Waals surface area contributed by atoms with Gasteiger partial charge in [0.05, 0.1) is 20.8 Å². The Morgan fingerprint density at radius 2 is 2.06 bits per heavy atom. The van der Waals surface area contributed by atoms with Crippen LogP contribution in [0.25, 0.3) is 0 Å². The second kappa shape index (κ2) is 13.0. The van der Waals surface area contributed by atoms with Crippen molar-refractivity contribution in [1.29, 1.82) is 0 Å². The van der Waals surface area contributed by atoms with Gasteiger partial charge in [-0.15, -0.1) is 24.0 Å². The van der Waals surface area contributed by atoms with E-state index in [0.717, 1.165) is 36.8 Å². The van der Waals surface area contributed by atoms with Crippen molar-refractivity contribution in [3.8, 4) is 11.5 Å². The van der Waals surface area contributed by atoms with Gasteiger partial charge in [0.1, 0.15) is 17.6 Å². The van der Waals surface area contributed by atoms with Crippen molar-refractivity contribution in [3.05, 3.63) is 53.1 Å². The molecule has 1 aliphatic rings. The third kappa shape index (κ3) is 7.05. The number of methoxy groups -OCH3 is 2. The lowest BCUT2D eigenvalue weighted by molar-refractivity contribution is 0.182. The van der Waals surface area contributed by atoms with E-state index in [0.29, 0.717) is 23.0 Å². The Balaban J connectivity index is 0.00000363. The molecule has 1 saturated heterocycles. The fourth-order valence-electron chi connectivity index (χ4n) is 3.67. The molecule has 2 atom stereocenters. The van der Waals surface area contributed by atoms with Gasteiger partial charge in [-0.1, -0.05) is 17.7 Å². The van der Waals surface area contributed by atoms with Gasteiger partial charge < -0.3 is 30.1 Å². The average Bonchev–Trinajstić information content (AvgIpc) is 3.25. The molecule has 2 unspecified atom stereocenters. The Bertz CT molecular complexity index is 899. The first kappa shape index (κ1) is 26.3. The number of aliphatic hydroxyl groups excluding tert-OH is 1. The Morgan fingerprint density at radius 3 is 2.75 bits per heavy atom. The Labute approximate surface area is 212 Å². The summed E-state index contributed by atoms with van der Waals surface area (Å²) < 4.78 is 10.7. The summed E-state index contributed by atoms with van der Waals surface area (Å²) in [5, 5.41) is 18.2. The number of aliphatic hydroxyl groups is 1. The van der Waals surface area contributed by atoms with Gasteiger partial charge in [0, 0.05) is 41.9 Å². The zero-order valence-corrected chi connectivity index (χ0v) is 21.8. The molecule has 0 spiro atoms. The van der Waals surface area contributed by atoms with Crippen LogP contribution in [0.1, 0.15) is 25.0 Å².